The molecule has 0 aliphatic carbocycles. The molecule has 0 aliphatic heterocycles. The van der Waals surface area contributed by atoms with Gasteiger partial charge in [0.2, 0.25) is 0 Å². The second kappa shape index (κ2) is 7.79. The van der Waals surface area contributed by atoms with Gasteiger partial charge < -0.3 is 14.8 Å². The molecule has 0 fully saturated rings. The molecule has 0 atom stereocenters. The van der Waals surface area contributed by atoms with Crippen molar-refractivity contribution in [3.05, 3.63) is 29.3 Å². The fourth-order valence-corrected chi connectivity index (χ4v) is 1.93. The third-order valence-corrected chi connectivity index (χ3v) is 3.24. The molecule has 0 bridgehead atoms. The summed E-state index contributed by atoms with van der Waals surface area (Å²) < 4.78 is 5.84. The smallest absolute Gasteiger partial charge is 0.128 e. The Morgan fingerprint density at radius 2 is 2.00 bits per heavy atom. The number of hydrogen-bond donors (Lipinski definition) is 1. The van der Waals surface area contributed by atoms with Gasteiger partial charge in [-0.2, -0.15) is 0 Å². The van der Waals surface area contributed by atoms with Crippen LogP contribution < -0.4 is 4.74 Å². The molecule has 1 rings (SSSR count). The van der Waals surface area contributed by atoms with Gasteiger partial charge in [-0.15, -0.1) is 0 Å². The lowest BCUT2D eigenvalue weighted by Crippen LogP contribution is -2.28. The third kappa shape index (κ3) is 4.56. The highest BCUT2D eigenvalue weighted by atomic mass is 16.5. The molecular formula is C15H24N2O2. The molecule has 1 N–H and O–H groups in total. The summed E-state index contributed by atoms with van der Waals surface area (Å²) in [5, 5.41) is 12.1. The first-order valence-electron chi connectivity index (χ1n) is 6.77. The quantitative estimate of drug-likeness (QED) is 0.468. The summed E-state index contributed by atoms with van der Waals surface area (Å²) >= 11 is 0. The van der Waals surface area contributed by atoms with Crippen LogP contribution in [0, 0.1) is 6.92 Å². The summed E-state index contributed by atoms with van der Waals surface area (Å²) in [5.41, 5.74) is 2.54. The minimum atomic E-state index is 0.567. The molecule has 4 heteroatoms. The normalized spacial score (nSPS) is 11.9. The van der Waals surface area contributed by atoms with Crippen molar-refractivity contribution in [2.75, 3.05) is 26.2 Å². The molecule has 106 valence electrons. The highest BCUT2D eigenvalue weighted by Gasteiger charge is 2.08. The van der Waals surface area contributed by atoms with Crippen LogP contribution in [0.2, 0.25) is 0 Å². The van der Waals surface area contributed by atoms with Crippen LogP contribution in [0.1, 0.15) is 31.9 Å². The molecule has 0 spiro atoms. The largest absolute Gasteiger partial charge is 0.492 e. The SMILES string of the molecule is CCN(CC)CCOc1cc(C)ccc1C(C)=NO. The standard InChI is InChI=1S/C15H24N2O2/c1-5-17(6-2)9-10-19-15-11-12(3)7-8-14(15)13(4)16-18/h7-8,11,18H,5-6,9-10H2,1-4H3. The average Bonchev–Trinajstić information content (AvgIpc) is 2.43. The lowest BCUT2D eigenvalue weighted by Gasteiger charge is -2.19. The van der Waals surface area contributed by atoms with Crippen LogP contribution in [0.25, 0.3) is 0 Å². The monoisotopic (exact) mass is 264 g/mol. The lowest BCUT2D eigenvalue weighted by atomic mass is 10.1. The maximum atomic E-state index is 8.90. The average molecular weight is 264 g/mol. The van der Waals surface area contributed by atoms with Crippen molar-refractivity contribution in [3.8, 4) is 5.75 Å². The summed E-state index contributed by atoms with van der Waals surface area (Å²) in [5.74, 6) is 0.780. The van der Waals surface area contributed by atoms with E-state index in [1.165, 1.54) is 0 Å². The molecule has 1 aromatic rings. The van der Waals surface area contributed by atoms with Crippen molar-refractivity contribution in [3.63, 3.8) is 0 Å². The number of ether oxygens (including phenoxy) is 1. The van der Waals surface area contributed by atoms with Crippen molar-refractivity contribution in [1.82, 2.24) is 4.90 Å². The highest BCUT2D eigenvalue weighted by Crippen LogP contribution is 2.21. The van der Waals surface area contributed by atoms with Gasteiger partial charge in [0.05, 0.1) is 5.71 Å². The molecule has 0 saturated carbocycles. The first-order valence-corrected chi connectivity index (χ1v) is 6.77. The lowest BCUT2D eigenvalue weighted by molar-refractivity contribution is 0.222. The summed E-state index contributed by atoms with van der Waals surface area (Å²) in [6.45, 7) is 11.7. The molecule has 0 saturated heterocycles. The molecule has 0 unspecified atom stereocenters. The van der Waals surface area contributed by atoms with E-state index < -0.39 is 0 Å². The van der Waals surface area contributed by atoms with Gasteiger partial charge in [0.1, 0.15) is 12.4 Å². The van der Waals surface area contributed by atoms with Crippen molar-refractivity contribution < 1.29 is 9.94 Å². The molecule has 19 heavy (non-hydrogen) atoms. The topological polar surface area (TPSA) is 45.1 Å². The van der Waals surface area contributed by atoms with Gasteiger partial charge in [-0.25, -0.2) is 0 Å². The molecular weight excluding hydrogens is 240 g/mol. The number of oxime groups is 1. The van der Waals surface area contributed by atoms with Crippen LogP contribution in [0.15, 0.2) is 23.4 Å². The van der Waals surface area contributed by atoms with E-state index in [4.69, 9.17) is 9.94 Å². The number of aryl methyl sites for hydroxylation is 1. The minimum absolute atomic E-state index is 0.567. The van der Waals surface area contributed by atoms with Crippen molar-refractivity contribution in [2.24, 2.45) is 5.16 Å². The maximum absolute atomic E-state index is 8.90. The van der Waals surface area contributed by atoms with Gasteiger partial charge in [0, 0.05) is 12.1 Å². The molecule has 0 aliphatic rings. The van der Waals surface area contributed by atoms with Crippen molar-refractivity contribution in [2.45, 2.75) is 27.7 Å². The van der Waals surface area contributed by atoms with E-state index in [2.05, 4.69) is 23.9 Å². The Balaban J connectivity index is 2.74. The number of hydrogen-bond acceptors (Lipinski definition) is 4. The predicted octanol–water partition coefficient (Wildman–Crippen LogP) is 2.91. The molecule has 0 heterocycles. The second-order valence-corrected chi connectivity index (χ2v) is 4.56. The fourth-order valence-electron chi connectivity index (χ4n) is 1.93. The number of likely N-dealkylation sites (N-methyl/N-ethyl adjacent to an activating group) is 1. The van der Waals surface area contributed by atoms with Gasteiger partial charge in [0.15, 0.2) is 0 Å². The molecule has 1 aromatic carbocycles. The van der Waals surface area contributed by atoms with E-state index in [1.807, 2.05) is 25.1 Å². The Morgan fingerprint density at radius 1 is 1.32 bits per heavy atom. The molecule has 0 aromatic heterocycles. The van der Waals surface area contributed by atoms with E-state index in [-0.39, 0.29) is 0 Å². The van der Waals surface area contributed by atoms with Gasteiger partial charge >= 0.3 is 0 Å². The van der Waals surface area contributed by atoms with E-state index in [9.17, 15) is 0 Å². The Bertz CT molecular complexity index is 426. The van der Waals surface area contributed by atoms with Crippen LogP contribution >= 0.6 is 0 Å². The maximum Gasteiger partial charge on any atom is 0.128 e. The van der Waals surface area contributed by atoms with Crippen LogP contribution in [-0.4, -0.2) is 42.1 Å². The van der Waals surface area contributed by atoms with Crippen molar-refractivity contribution in [1.29, 1.82) is 0 Å². The highest BCUT2D eigenvalue weighted by molar-refractivity contribution is 6.00. The zero-order chi connectivity index (χ0) is 14.3. The van der Waals surface area contributed by atoms with Crippen LogP contribution in [0.3, 0.4) is 0 Å². The van der Waals surface area contributed by atoms with E-state index >= 15 is 0 Å². The number of nitrogens with zero attached hydrogens (tertiary/aromatic N) is 2. The predicted molar refractivity (Wildman–Crippen MR) is 78.5 cm³/mol. The Labute approximate surface area is 115 Å². The van der Waals surface area contributed by atoms with E-state index in [1.54, 1.807) is 6.92 Å². The number of rotatable bonds is 7. The molecule has 0 amide bonds. The zero-order valence-electron chi connectivity index (χ0n) is 12.3. The van der Waals surface area contributed by atoms with Gasteiger partial charge in [-0.05, 0) is 44.6 Å². The molecule has 4 nitrogen and oxygen atoms in total. The van der Waals surface area contributed by atoms with Crippen LogP contribution in [-0.2, 0) is 0 Å². The Kier molecular flexibility index (Phi) is 6.36. The van der Waals surface area contributed by atoms with Gasteiger partial charge in [0.25, 0.3) is 0 Å². The van der Waals surface area contributed by atoms with Gasteiger partial charge in [-0.1, -0.05) is 25.1 Å². The first-order chi connectivity index (χ1) is 9.12. The summed E-state index contributed by atoms with van der Waals surface area (Å²) in [6.07, 6.45) is 0. The molecule has 0 radical (unpaired) electrons. The summed E-state index contributed by atoms with van der Waals surface area (Å²) in [7, 11) is 0. The first kappa shape index (κ1) is 15.5. The summed E-state index contributed by atoms with van der Waals surface area (Å²) in [6, 6.07) is 5.89. The van der Waals surface area contributed by atoms with E-state index in [0.29, 0.717) is 12.3 Å². The Morgan fingerprint density at radius 3 is 2.58 bits per heavy atom. The zero-order valence-corrected chi connectivity index (χ0v) is 12.3. The van der Waals surface area contributed by atoms with Crippen LogP contribution in [0.5, 0.6) is 5.75 Å². The Hall–Kier alpha value is -1.55. The van der Waals surface area contributed by atoms with Gasteiger partial charge in [-0.3, -0.25) is 0 Å². The fraction of sp³-hybridized carbons (Fsp3) is 0.533. The van der Waals surface area contributed by atoms with Crippen molar-refractivity contribution >= 4 is 5.71 Å². The van der Waals surface area contributed by atoms with E-state index in [0.717, 1.165) is 36.5 Å². The second-order valence-electron chi connectivity index (χ2n) is 4.56. The van der Waals surface area contributed by atoms with Crippen LogP contribution in [0.4, 0.5) is 0 Å². The minimum Gasteiger partial charge on any atom is -0.492 e. The number of benzene rings is 1. The third-order valence-electron chi connectivity index (χ3n) is 3.24. The summed E-state index contributed by atoms with van der Waals surface area (Å²) in [4.78, 5) is 2.31.